The average Bonchev–Trinajstić information content (AvgIpc) is 3.17. The third-order valence-electron chi connectivity index (χ3n) is 3.71. The van der Waals surface area contributed by atoms with Gasteiger partial charge in [0.2, 0.25) is 5.89 Å². The van der Waals surface area contributed by atoms with Gasteiger partial charge in [0.1, 0.15) is 35.2 Å². The number of anilines is 1. The lowest BCUT2D eigenvalue weighted by molar-refractivity contribution is 0.116. The molecule has 8 nitrogen and oxygen atoms in total. The Bertz CT molecular complexity index is 1150. The van der Waals surface area contributed by atoms with Gasteiger partial charge in [0.15, 0.2) is 0 Å². The van der Waals surface area contributed by atoms with E-state index in [2.05, 4.69) is 25.1 Å². The van der Waals surface area contributed by atoms with E-state index < -0.39 is 18.1 Å². The van der Waals surface area contributed by atoms with Crippen LogP contribution in [0, 0.1) is 5.82 Å². The van der Waals surface area contributed by atoms with Crippen LogP contribution < -0.4 is 10.5 Å². The maximum absolute atomic E-state index is 14.3. The second-order valence-corrected chi connectivity index (χ2v) is 5.61. The fourth-order valence-corrected chi connectivity index (χ4v) is 2.42. The largest absolute Gasteiger partial charge is 0.485 e. The van der Waals surface area contributed by atoms with E-state index in [1.807, 2.05) is 0 Å². The monoisotopic (exact) mass is 388 g/mol. The summed E-state index contributed by atoms with van der Waals surface area (Å²) in [6.45, 7) is -0.191. The van der Waals surface area contributed by atoms with Crippen molar-refractivity contribution in [1.29, 1.82) is 0 Å². The van der Waals surface area contributed by atoms with Gasteiger partial charge in [-0.15, -0.1) is 10.2 Å². The van der Waals surface area contributed by atoms with Gasteiger partial charge in [-0.3, -0.25) is 4.98 Å². The number of nitrogens with two attached hydrogens (primary N) is 1. The van der Waals surface area contributed by atoms with Crippen LogP contribution in [0.5, 0.6) is 5.75 Å². The second-order valence-electron chi connectivity index (χ2n) is 5.61. The fraction of sp³-hybridized carbons (Fsp3) is 0.118. The van der Waals surface area contributed by atoms with Gasteiger partial charge in [-0.1, -0.05) is 6.07 Å². The van der Waals surface area contributed by atoms with Gasteiger partial charge >= 0.3 is 6.43 Å². The third kappa shape index (κ3) is 3.41. The summed E-state index contributed by atoms with van der Waals surface area (Å²) in [6, 6.07) is 6.13. The average molecular weight is 388 g/mol. The van der Waals surface area contributed by atoms with Crippen molar-refractivity contribution in [2.24, 2.45) is 0 Å². The van der Waals surface area contributed by atoms with Crippen molar-refractivity contribution in [2.45, 2.75) is 13.0 Å². The fourth-order valence-electron chi connectivity index (χ4n) is 2.42. The summed E-state index contributed by atoms with van der Waals surface area (Å²) in [5.41, 5.74) is 6.69. The van der Waals surface area contributed by atoms with Gasteiger partial charge in [-0.25, -0.2) is 14.4 Å². The molecule has 4 aromatic rings. The number of hydrogen-bond acceptors (Lipinski definition) is 8. The van der Waals surface area contributed by atoms with Crippen LogP contribution in [-0.2, 0) is 6.61 Å². The van der Waals surface area contributed by atoms with Crippen molar-refractivity contribution >= 4 is 16.9 Å². The first kappa shape index (κ1) is 17.6. The molecular formula is C17H11F3N6O2. The summed E-state index contributed by atoms with van der Waals surface area (Å²) in [6.07, 6.45) is -0.291. The van der Waals surface area contributed by atoms with Crippen molar-refractivity contribution in [3.63, 3.8) is 0 Å². The molecule has 4 rings (SSSR count). The predicted octanol–water partition coefficient (Wildman–Crippen LogP) is 3.31. The Hall–Kier alpha value is -3.76. The number of nitrogen functional groups attached to an aromatic ring is 1. The number of pyridine rings is 1. The molecule has 1 aromatic carbocycles. The number of hydrogen-bond donors (Lipinski definition) is 1. The highest BCUT2D eigenvalue weighted by Gasteiger charge is 2.18. The van der Waals surface area contributed by atoms with Crippen LogP contribution >= 0.6 is 0 Å². The van der Waals surface area contributed by atoms with E-state index in [0.717, 1.165) is 6.07 Å². The van der Waals surface area contributed by atoms with Crippen LogP contribution in [0.3, 0.4) is 0 Å². The highest BCUT2D eigenvalue weighted by Crippen LogP contribution is 2.26. The number of aromatic nitrogens is 5. The molecule has 0 aliphatic rings. The molecule has 0 saturated heterocycles. The molecule has 0 fully saturated rings. The summed E-state index contributed by atoms with van der Waals surface area (Å²) in [5.74, 6) is -1.17. The van der Waals surface area contributed by atoms with Gasteiger partial charge in [-0.05, 0) is 18.2 Å². The molecule has 0 saturated carbocycles. The van der Waals surface area contributed by atoms with Gasteiger partial charge in [0, 0.05) is 6.20 Å². The molecule has 0 unspecified atom stereocenters. The number of fused-ring (bicyclic) bond motifs is 1. The quantitative estimate of drug-likeness (QED) is 0.554. The molecule has 3 heterocycles. The first-order valence-corrected chi connectivity index (χ1v) is 7.91. The summed E-state index contributed by atoms with van der Waals surface area (Å²) in [7, 11) is 0. The standard InChI is InChI=1S/C17H11F3N6O2/c18-9-4-8(16-25-26-17(28-16)15(19)20)5-22-11(9)7-27-12-3-1-2-10-14(12)23-6-13(21)24-10/h1-6,15H,7H2,(H2,21,24). The summed E-state index contributed by atoms with van der Waals surface area (Å²) < 4.78 is 49.8. The van der Waals surface area contributed by atoms with E-state index in [9.17, 15) is 13.2 Å². The van der Waals surface area contributed by atoms with E-state index >= 15 is 0 Å². The normalized spacial score (nSPS) is 11.3. The predicted molar refractivity (Wildman–Crippen MR) is 90.7 cm³/mol. The number of alkyl halides is 2. The summed E-state index contributed by atoms with van der Waals surface area (Å²) >= 11 is 0. The molecule has 142 valence electrons. The van der Waals surface area contributed by atoms with Crippen molar-refractivity contribution in [1.82, 2.24) is 25.1 Å². The third-order valence-corrected chi connectivity index (χ3v) is 3.71. The molecule has 0 aliphatic carbocycles. The van der Waals surface area contributed by atoms with Crippen LogP contribution in [0.2, 0.25) is 0 Å². The summed E-state index contributed by atoms with van der Waals surface area (Å²) in [4.78, 5) is 12.3. The maximum atomic E-state index is 14.3. The van der Waals surface area contributed by atoms with Crippen LogP contribution in [-0.4, -0.2) is 25.1 Å². The number of halogens is 3. The topological polar surface area (TPSA) is 113 Å². The zero-order valence-electron chi connectivity index (χ0n) is 14.0. The minimum absolute atomic E-state index is 0.00208. The van der Waals surface area contributed by atoms with E-state index in [1.165, 1.54) is 12.4 Å². The van der Waals surface area contributed by atoms with E-state index in [0.29, 0.717) is 16.8 Å². The van der Waals surface area contributed by atoms with Gasteiger partial charge in [0.25, 0.3) is 5.89 Å². The Balaban J connectivity index is 1.54. The molecular weight excluding hydrogens is 377 g/mol. The van der Waals surface area contributed by atoms with Gasteiger partial charge < -0.3 is 14.9 Å². The Labute approximate surface area is 155 Å². The molecule has 28 heavy (non-hydrogen) atoms. The Kier molecular flexibility index (Phi) is 4.47. The number of para-hydroxylation sites is 1. The minimum Gasteiger partial charge on any atom is -0.485 e. The molecule has 0 atom stereocenters. The lowest BCUT2D eigenvalue weighted by atomic mass is 10.2. The van der Waals surface area contributed by atoms with E-state index in [-0.39, 0.29) is 29.6 Å². The molecule has 2 N–H and O–H groups in total. The molecule has 0 spiro atoms. The van der Waals surface area contributed by atoms with E-state index in [4.69, 9.17) is 14.9 Å². The number of nitrogens with zero attached hydrogens (tertiary/aromatic N) is 5. The molecule has 0 aliphatic heterocycles. The molecule has 11 heteroatoms. The Morgan fingerprint density at radius 3 is 2.75 bits per heavy atom. The van der Waals surface area contributed by atoms with Crippen molar-refractivity contribution in [3.05, 3.63) is 54.1 Å². The number of benzene rings is 1. The van der Waals surface area contributed by atoms with Crippen molar-refractivity contribution in [2.75, 3.05) is 5.73 Å². The smallest absolute Gasteiger partial charge is 0.314 e. The lowest BCUT2D eigenvalue weighted by Crippen LogP contribution is -2.03. The Morgan fingerprint density at radius 1 is 1.14 bits per heavy atom. The van der Waals surface area contributed by atoms with E-state index in [1.54, 1.807) is 18.2 Å². The molecule has 0 radical (unpaired) electrons. The first-order chi connectivity index (χ1) is 13.5. The van der Waals surface area contributed by atoms with Crippen LogP contribution in [0.15, 0.2) is 41.1 Å². The zero-order valence-corrected chi connectivity index (χ0v) is 14.0. The van der Waals surface area contributed by atoms with Gasteiger partial charge in [-0.2, -0.15) is 8.78 Å². The van der Waals surface area contributed by atoms with Crippen LogP contribution in [0.4, 0.5) is 19.0 Å². The lowest BCUT2D eigenvalue weighted by Gasteiger charge is -2.09. The van der Waals surface area contributed by atoms with Crippen molar-refractivity contribution in [3.8, 4) is 17.2 Å². The highest BCUT2D eigenvalue weighted by atomic mass is 19.3. The molecule has 0 amide bonds. The number of rotatable bonds is 5. The Morgan fingerprint density at radius 2 is 2.00 bits per heavy atom. The van der Waals surface area contributed by atoms with Crippen LogP contribution in [0.1, 0.15) is 18.0 Å². The van der Waals surface area contributed by atoms with Crippen molar-refractivity contribution < 1.29 is 22.3 Å². The minimum atomic E-state index is -2.91. The summed E-state index contributed by atoms with van der Waals surface area (Å²) in [5, 5.41) is 6.65. The van der Waals surface area contributed by atoms with Crippen LogP contribution in [0.25, 0.3) is 22.5 Å². The highest BCUT2D eigenvalue weighted by molar-refractivity contribution is 5.81. The maximum Gasteiger partial charge on any atom is 0.314 e. The number of ether oxygens (including phenoxy) is 1. The first-order valence-electron chi connectivity index (χ1n) is 7.91. The SMILES string of the molecule is Nc1cnc2c(OCc3ncc(-c4nnc(C(F)F)o4)cc3F)cccc2n1. The molecule has 3 aromatic heterocycles. The van der Waals surface area contributed by atoms with Gasteiger partial charge in [0.05, 0.1) is 17.3 Å². The second kappa shape index (κ2) is 7.10. The molecule has 0 bridgehead atoms. The zero-order chi connectivity index (χ0) is 19.7.